The van der Waals surface area contributed by atoms with Crippen LogP contribution in [-0.4, -0.2) is 13.6 Å². The topological polar surface area (TPSA) is 38.0 Å². The normalized spacial score (nSPS) is 13.4. The van der Waals surface area contributed by atoms with Crippen LogP contribution < -0.4 is 11.1 Å². The number of hydrogen-bond acceptors (Lipinski definition) is 3. The van der Waals surface area contributed by atoms with E-state index in [1.807, 2.05) is 18.5 Å². The zero-order valence-electron chi connectivity index (χ0n) is 6.00. The van der Waals surface area contributed by atoms with Crippen molar-refractivity contribution in [3.05, 3.63) is 22.4 Å². The summed E-state index contributed by atoms with van der Waals surface area (Å²) in [6.45, 7) is 0.848. The molecule has 0 aliphatic rings. The highest BCUT2D eigenvalue weighted by Crippen LogP contribution is 2.15. The molecule has 0 bridgehead atoms. The van der Waals surface area contributed by atoms with Gasteiger partial charge in [-0.1, -0.05) is 6.07 Å². The summed E-state index contributed by atoms with van der Waals surface area (Å²) < 4.78 is 0. The largest absolute Gasteiger partial charge is 0.322 e. The van der Waals surface area contributed by atoms with E-state index in [0.717, 1.165) is 6.54 Å². The fraction of sp³-hybridized carbons (Fsp3) is 0.429. The molecule has 10 heavy (non-hydrogen) atoms. The van der Waals surface area contributed by atoms with E-state index in [4.69, 9.17) is 5.73 Å². The molecule has 1 heterocycles. The third-order valence-electron chi connectivity index (χ3n) is 1.33. The predicted octanol–water partition coefficient (Wildman–Crippen LogP) is 0.967. The van der Waals surface area contributed by atoms with Crippen molar-refractivity contribution in [2.75, 3.05) is 13.6 Å². The van der Waals surface area contributed by atoms with Gasteiger partial charge >= 0.3 is 0 Å². The van der Waals surface area contributed by atoms with Gasteiger partial charge in [0.1, 0.15) is 0 Å². The summed E-state index contributed by atoms with van der Waals surface area (Å²) in [5, 5.41) is 5.08. The zero-order valence-corrected chi connectivity index (χ0v) is 6.82. The molecule has 0 aliphatic carbocycles. The Morgan fingerprint density at radius 2 is 2.60 bits per heavy atom. The van der Waals surface area contributed by atoms with Gasteiger partial charge < -0.3 is 11.1 Å². The molecule has 0 spiro atoms. The van der Waals surface area contributed by atoms with Gasteiger partial charge in [0.2, 0.25) is 0 Å². The van der Waals surface area contributed by atoms with Gasteiger partial charge in [0.25, 0.3) is 0 Å². The Morgan fingerprint density at radius 3 is 3.10 bits per heavy atom. The molecule has 1 aromatic rings. The first-order valence-corrected chi connectivity index (χ1v) is 4.16. The van der Waals surface area contributed by atoms with Crippen LogP contribution in [0.5, 0.6) is 0 Å². The van der Waals surface area contributed by atoms with Crippen molar-refractivity contribution in [2.45, 2.75) is 6.04 Å². The monoisotopic (exact) mass is 156 g/mol. The highest BCUT2D eigenvalue weighted by Gasteiger charge is 2.03. The average molecular weight is 156 g/mol. The minimum atomic E-state index is 0.157. The molecule has 0 aliphatic heterocycles. The van der Waals surface area contributed by atoms with Gasteiger partial charge in [-0.05, 0) is 18.5 Å². The lowest BCUT2D eigenvalue weighted by molar-refractivity contribution is 0.662. The first kappa shape index (κ1) is 7.72. The van der Waals surface area contributed by atoms with Gasteiger partial charge in [-0.3, -0.25) is 0 Å². The van der Waals surface area contributed by atoms with E-state index in [9.17, 15) is 0 Å². The minimum absolute atomic E-state index is 0.157. The van der Waals surface area contributed by atoms with Crippen LogP contribution in [0.15, 0.2) is 17.5 Å². The van der Waals surface area contributed by atoms with Crippen LogP contribution >= 0.6 is 11.3 Å². The maximum Gasteiger partial charge on any atom is 0.0516 e. The van der Waals surface area contributed by atoms with E-state index in [2.05, 4.69) is 11.4 Å². The second-order valence-electron chi connectivity index (χ2n) is 2.18. The summed E-state index contributed by atoms with van der Waals surface area (Å²) >= 11 is 1.71. The van der Waals surface area contributed by atoms with Crippen molar-refractivity contribution in [3.63, 3.8) is 0 Å². The molecule has 1 unspecified atom stereocenters. The lowest BCUT2D eigenvalue weighted by Crippen LogP contribution is -2.22. The highest BCUT2D eigenvalue weighted by molar-refractivity contribution is 7.10. The molecule has 3 N–H and O–H groups in total. The van der Waals surface area contributed by atoms with Gasteiger partial charge in [0.15, 0.2) is 0 Å². The van der Waals surface area contributed by atoms with Gasteiger partial charge in [-0.2, -0.15) is 0 Å². The van der Waals surface area contributed by atoms with Crippen molar-refractivity contribution in [2.24, 2.45) is 5.73 Å². The van der Waals surface area contributed by atoms with Crippen molar-refractivity contribution in [1.82, 2.24) is 5.32 Å². The number of rotatable bonds is 3. The van der Waals surface area contributed by atoms with Gasteiger partial charge in [0.05, 0.1) is 6.04 Å². The number of nitrogens with two attached hydrogens (primary N) is 1. The van der Waals surface area contributed by atoms with Crippen LogP contribution in [-0.2, 0) is 0 Å². The molecule has 0 saturated carbocycles. The molecular weight excluding hydrogens is 144 g/mol. The molecular formula is C7H12N2S. The molecule has 1 rings (SSSR count). The van der Waals surface area contributed by atoms with E-state index in [1.54, 1.807) is 11.3 Å². The second kappa shape index (κ2) is 3.71. The first-order valence-electron chi connectivity index (χ1n) is 3.28. The molecule has 0 saturated heterocycles. The molecule has 0 radical (unpaired) electrons. The quantitative estimate of drug-likeness (QED) is 0.684. The van der Waals surface area contributed by atoms with Crippen LogP contribution in [0.4, 0.5) is 0 Å². The van der Waals surface area contributed by atoms with Gasteiger partial charge in [0, 0.05) is 11.4 Å². The Labute approximate surface area is 65.1 Å². The lowest BCUT2D eigenvalue weighted by atomic mass is 10.2. The fourth-order valence-corrected chi connectivity index (χ4v) is 1.55. The van der Waals surface area contributed by atoms with Crippen LogP contribution in [0, 0.1) is 0 Å². The summed E-state index contributed by atoms with van der Waals surface area (Å²) in [4.78, 5) is 1.24. The van der Waals surface area contributed by atoms with Crippen molar-refractivity contribution in [1.29, 1.82) is 0 Å². The Hall–Kier alpha value is -0.380. The van der Waals surface area contributed by atoms with E-state index in [0.29, 0.717) is 0 Å². The zero-order chi connectivity index (χ0) is 7.40. The fourth-order valence-electron chi connectivity index (χ4n) is 0.823. The number of nitrogens with one attached hydrogen (secondary N) is 1. The molecule has 3 heteroatoms. The van der Waals surface area contributed by atoms with Crippen molar-refractivity contribution in [3.8, 4) is 0 Å². The summed E-state index contributed by atoms with van der Waals surface area (Å²) in [6.07, 6.45) is 0. The Bertz CT molecular complexity index is 172. The van der Waals surface area contributed by atoms with E-state index >= 15 is 0 Å². The first-order chi connectivity index (χ1) is 4.84. The molecule has 0 aromatic carbocycles. The molecule has 0 fully saturated rings. The van der Waals surface area contributed by atoms with Gasteiger partial charge in [-0.15, -0.1) is 11.3 Å². The minimum Gasteiger partial charge on any atom is -0.322 e. The highest BCUT2D eigenvalue weighted by atomic mass is 32.1. The van der Waals surface area contributed by atoms with E-state index in [-0.39, 0.29) is 6.04 Å². The van der Waals surface area contributed by atoms with Gasteiger partial charge in [-0.25, -0.2) is 0 Å². The van der Waals surface area contributed by atoms with Crippen LogP contribution in [0.3, 0.4) is 0 Å². The van der Waals surface area contributed by atoms with E-state index in [1.165, 1.54) is 4.88 Å². The number of likely N-dealkylation sites (N-methyl/N-ethyl adjacent to an activating group) is 1. The van der Waals surface area contributed by atoms with Crippen LogP contribution in [0.2, 0.25) is 0 Å². The number of thiophene rings is 1. The Balaban J connectivity index is 2.50. The van der Waals surface area contributed by atoms with Crippen molar-refractivity contribution >= 4 is 11.3 Å². The lowest BCUT2D eigenvalue weighted by Gasteiger charge is -2.06. The van der Waals surface area contributed by atoms with Crippen molar-refractivity contribution < 1.29 is 0 Å². The maximum absolute atomic E-state index is 5.80. The maximum atomic E-state index is 5.80. The van der Waals surface area contributed by atoms with E-state index < -0.39 is 0 Å². The molecule has 56 valence electrons. The Kier molecular flexibility index (Phi) is 2.86. The third-order valence-corrected chi connectivity index (χ3v) is 2.34. The molecule has 1 atom stereocenters. The van der Waals surface area contributed by atoms with Crippen LogP contribution in [0.1, 0.15) is 10.9 Å². The average Bonchev–Trinajstić information content (AvgIpc) is 2.38. The SMILES string of the molecule is CNCC(N)c1cccs1. The third kappa shape index (κ3) is 1.80. The standard InChI is InChI=1S/C7H12N2S/c1-9-5-6(8)7-3-2-4-10-7/h2-4,6,9H,5,8H2,1H3. The summed E-state index contributed by atoms with van der Waals surface area (Å²) in [5.41, 5.74) is 5.80. The summed E-state index contributed by atoms with van der Waals surface area (Å²) in [7, 11) is 1.91. The molecule has 2 nitrogen and oxygen atoms in total. The molecule has 0 amide bonds. The van der Waals surface area contributed by atoms with Crippen LogP contribution in [0.25, 0.3) is 0 Å². The number of hydrogen-bond donors (Lipinski definition) is 2. The second-order valence-corrected chi connectivity index (χ2v) is 3.16. The predicted molar refractivity (Wildman–Crippen MR) is 45.2 cm³/mol. The smallest absolute Gasteiger partial charge is 0.0516 e. The molecule has 1 aromatic heterocycles. The summed E-state index contributed by atoms with van der Waals surface area (Å²) in [6, 6.07) is 4.24. The Morgan fingerprint density at radius 1 is 1.80 bits per heavy atom. The summed E-state index contributed by atoms with van der Waals surface area (Å²) in [5.74, 6) is 0.